The van der Waals surface area contributed by atoms with E-state index < -0.39 is 0 Å². The molecule has 0 aliphatic rings. The molecule has 0 bridgehead atoms. The average molecular weight is 183 g/mol. The third kappa shape index (κ3) is 0.940. The van der Waals surface area contributed by atoms with E-state index >= 15 is 0 Å². The van der Waals surface area contributed by atoms with Gasteiger partial charge < -0.3 is 5.11 Å². The van der Waals surface area contributed by atoms with Gasteiger partial charge >= 0.3 is 0 Å². The summed E-state index contributed by atoms with van der Waals surface area (Å²) in [5, 5.41) is 9.64. The molecule has 0 aliphatic carbocycles. The fraction of sp³-hybridized carbons (Fsp3) is 0.125. The zero-order valence-corrected chi connectivity index (χ0v) is 7.21. The number of imidazole rings is 1. The number of aryl methyl sites for hydroxylation is 1. The SMILES string of the molecule is Cc1nc(Cl)c2ccc(O)cn12. The highest BCUT2D eigenvalue weighted by Gasteiger charge is 2.04. The molecule has 0 aliphatic heterocycles. The molecule has 0 saturated heterocycles. The van der Waals surface area contributed by atoms with Gasteiger partial charge in [-0.15, -0.1) is 0 Å². The molecule has 2 rings (SSSR count). The van der Waals surface area contributed by atoms with Crippen molar-refractivity contribution in [3.05, 3.63) is 29.3 Å². The van der Waals surface area contributed by atoms with Gasteiger partial charge in [-0.1, -0.05) is 11.6 Å². The Morgan fingerprint density at radius 3 is 3.00 bits per heavy atom. The standard InChI is InChI=1S/C8H7ClN2O/c1-5-10-8(9)7-3-2-6(12)4-11(5)7/h2-4,12H,1H3. The molecule has 1 N–H and O–H groups in total. The monoisotopic (exact) mass is 182 g/mol. The van der Waals surface area contributed by atoms with Crippen LogP contribution < -0.4 is 0 Å². The Bertz CT molecular complexity index is 436. The fourth-order valence-corrected chi connectivity index (χ4v) is 1.45. The van der Waals surface area contributed by atoms with Crippen LogP contribution in [-0.2, 0) is 0 Å². The van der Waals surface area contributed by atoms with E-state index in [2.05, 4.69) is 4.98 Å². The highest BCUT2D eigenvalue weighted by molar-refractivity contribution is 6.32. The van der Waals surface area contributed by atoms with Gasteiger partial charge in [-0.3, -0.25) is 4.40 Å². The first-order valence-electron chi connectivity index (χ1n) is 3.51. The highest BCUT2D eigenvalue weighted by atomic mass is 35.5. The number of halogens is 1. The molecule has 2 aromatic rings. The smallest absolute Gasteiger partial charge is 0.155 e. The van der Waals surface area contributed by atoms with Gasteiger partial charge in [0, 0.05) is 0 Å². The summed E-state index contributed by atoms with van der Waals surface area (Å²) in [6.07, 6.45) is 1.59. The number of hydrogen-bond acceptors (Lipinski definition) is 2. The van der Waals surface area contributed by atoms with Crippen molar-refractivity contribution in [2.24, 2.45) is 0 Å². The summed E-state index contributed by atoms with van der Waals surface area (Å²) in [4.78, 5) is 4.05. The van der Waals surface area contributed by atoms with Crippen LogP contribution in [-0.4, -0.2) is 14.5 Å². The van der Waals surface area contributed by atoms with Crippen LogP contribution in [0.2, 0.25) is 5.15 Å². The summed E-state index contributed by atoms with van der Waals surface area (Å²) >= 11 is 5.82. The Kier molecular flexibility index (Phi) is 1.48. The minimum absolute atomic E-state index is 0.208. The summed E-state index contributed by atoms with van der Waals surface area (Å²) in [6.45, 7) is 1.83. The summed E-state index contributed by atoms with van der Waals surface area (Å²) in [5.41, 5.74) is 0.812. The largest absolute Gasteiger partial charge is 0.506 e. The topological polar surface area (TPSA) is 37.5 Å². The first-order valence-corrected chi connectivity index (χ1v) is 3.89. The van der Waals surface area contributed by atoms with Gasteiger partial charge in [0.2, 0.25) is 0 Å². The predicted molar refractivity (Wildman–Crippen MR) is 46.6 cm³/mol. The number of aromatic hydroxyl groups is 1. The lowest BCUT2D eigenvalue weighted by Crippen LogP contribution is -1.85. The van der Waals surface area contributed by atoms with Crippen LogP contribution >= 0.6 is 11.6 Å². The van der Waals surface area contributed by atoms with Crippen molar-refractivity contribution >= 4 is 17.1 Å². The number of nitrogens with zero attached hydrogens (tertiary/aromatic N) is 2. The molecule has 0 fully saturated rings. The summed E-state index contributed by atoms with van der Waals surface area (Å²) < 4.78 is 1.75. The van der Waals surface area contributed by atoms with Crippen molar-refractivity contribution in [3.8, 4) is 5.75 Å². The maximum absolute atomic E-state index is 9.17. The van der Waals surface area contributed by atoms with Crippen LogP contribution in [0.4, 0.5) is 0 Å². The van der Waals surface area contributed by atoms with E-state index in [-0.39, 0.29) is 5.75 Å². The van der Waals surface area contributed by atoms with E-state index in [9.17, 15) is 5.11 Å². The first-order chi connectivity index (χ1) is 5.68. The zero-order valence-electron chi connectivity index (χ0n) is 6.45. The van der Waals surface area contributed by atoms with E-state index in [1.807, 2.05) is 6.92 Å². The normalized spacial score (nSPS) is 10.8. The Hall–Kier alpha value is -1.22. The van der Waals surface area contributed by atoms with Crippen LogP contribution in [0.25, 0.3) is 5.52 Å². The maximum atomic E-state index is 9.17. The molecule has 0 aromatic carbocycles. The second-order valence-corrected chi connectivity index (χ2v) is 2.95. The van der Waals surface area contributed by atoms with Gasteiger partial charge in [0.15, 0.2) is 5.15 Å². The molecule has 0 spiro atoms. The summed E-state index contributed by atoms with van der Waals surface area (Å²) in [6, 6.07) is 3.32. The quantitative estimate of drug-likeness (QED) is 0.677. The van der Waals surface area contributed by atoms with E-state index in [1.165, 1.54) is 0 Å². The highest BCUT2D eigenvalue weighted by Crippen LogP contribution is 2.20. The Labute approximate surface area is 74.2 Å². The van der Waals surface area contributed by atoms with Crippen molar-refractivity contribution in [1.82, 2.24) is 9.38 Å². The first kappa shape index (κ1) is 7.43. The Balaban J connectivity index is 2.90. The van der Waals surface area contributed by atoms with Gasteiger partial charge in [-0.05, 0) is 19.1 Å². The number of fused-ring (bicyclic) bond motifs is 1. The lowest BCUT2D eigenvalue weighted by molar-refractivity contribution is 0.471. The van der Waals surface area contributed by atoms with Crippen molar-refractivity contribution in [3.63, 3.8) is 0 Å². The number of rotatable bonds is 0. The predicted octanol–water partition coefficient (Wildman–Crippen LogP) is 2.00. The molecular weight excluding hydrogens is 176 g/mol. The molecule has 3 nitrogen and oxygen atoms in total. The number of pyridine rings is 1. The lowest BCUT2D eigenvalue weighted by Gasteiger charge is -1.96. The van der Waals surface area contributed by atoms with Gasteiger partial charge in [-0.2, -0.15) is 0 Å². The molecule has 0 amide bonds. The van der Waals surface area contributed by atoms with Crippen LogP contribution in [0.1, 0.15) is 5.82 Å². The Morgan fingerprint density at radius 2 is 2.25 bits per heavy atom. The van der Waals surface area contributed by atoms with Crippen LogP contribution in [0.3, 0.4) is 0 Å². The van der Waals surface area contributed by atoms with Gasteiger partial charge in [-0.25, -0.2) is 4.98 Å². The maximum Gasteiger partial charge on any atom is 0.155 e. The number of hydrogen-bond donors (Lipinski definition) is 1. The van der Waals surface area contributed by atoms with Crippen LogP contribution in [0.5, 0.6) is 5.75 Å². The Morgan fingerprint density at radius 1 is 1.50 bits per heavy atom. The lowest BCUT2D eigenvalue weighted by atomic mass is 10.4. The minimum atomic E-state index is 0.208. The van der Waals surface area contributed by atoms with Crippen molar-refractivity contribution in [2.75, 3.05) is 0 Å². The molecular formula is C8H7ClN2O. The molecule has 2 heterocycles. The zero-order chi connectivity index (χ0) is 8.72. The van der Waals surface area contributed by atoms with E-state index in [0.717, 1.165) is 11.3 Å². The van der Waals surface area contributed by atoms with Crippen molar-refractivity contribution < 1.29 is 5.11 Å². The minimum Gasteiger partial charge on any atom is -0.506 e. The van der Waals surface area contributed by atoms with Gasteiger partial charge in [0.1, 0.15) is 11.6 Å². The summed E-state index contributed by atoms with van der Waals surface area (Å²) in [7, 11) is 0. The van der Waals surface area contributed by atoms with Crippen molar-refractivity contribution in [1.29, 1.82) is 0 Å². The second-order valence-electron chi connectivity index (χ2n) is 2.59. The third-order valence-electron chi connectivity index (χ3n) is 1.75. The molecule has 2 aromatic heterocycles. The van der Waals surface area contributed by atoms with E-state index in [4.69, 9.17) is 11.6 Å². The van der Waals surface area contributed by atoms with E-state index in [0.29, 0.717) is 5.15 Å². The third-order valence-corrected chi connectivity index (χ3v) is 2.03. The molecule has 62 valence electrons. The molecule has 0 unspecified atom stereocenters. The fourth-order valence-electron chi connectivity index (χ4n) is 1.18. The van der Waals surface area contributed by atoms with Crippen molar-refractivity contribution in [2.45, 2.75) is 6.92 Å². The van der Waals surface area contributed by atoms with Crippen LogP contribution in [0, 0.1) is 6.92 Å². The number of aromatic nitrogens is 2. The molecule has 0 atom stereocenters. The average Bonchev–Trinajstić information content (AvgIpc) is 2.28. The van der Waals surface area contributed by atoms with Gasteiger partial charge in [0.25, 0.3) is 0 Å². The molecule has 0 radical (unpaired) electrons. The van der Waals surface area contributed by atoms with Gasteiger partial charge in [0.05, 0.1) is 11.7 Å². The second kappa shape index (κ2) is 2.38. The summed E-state index contributed by atoms with van der Waals surface area (Å²) in [5.74, 6) is 0.977. The molecule has 0 saturated carbocycles. The molecule has 12 heavy (non-hydrogen) atoms. The molecule has 4 heteroatoms. The van der Waals surface area contributed by atoms with Crippen LogP contribution in [0.15, 0.2) is 18.3 Å². The van der Waals surface area contributed by atoms with E-state index in [1.54, 1.807) is 22.7 Å².